The maximum absolute atomic E-state index is 12.0. The number of hydrogen-bond acceptors (Lipinski definition) is 2. The van der Waals surface area contributed by atoms with Crippen LogP contribution >= 0.6 is 0 Å². The molecule has 1 aliphatic heterocycles. The molecule has 104 valence electrons. The molecule has 1 heterocycles. The second kappa shape index (κ2) is 6.20. The summed E-state index contributed by atoms with van der Waals surface area (Å²) < 4.78 is 0. The van der Waals surface area contributed by atoms with Crippen molar-refractivity contribution < 1.29 is 4.79 Å². The molecule has 3 heteroatoms. The monoisotopic (exact) mass is 260 g/mol. The molecule has 3 nitrogen and oxygen atoms in total. The largest absolute Gasteiger partial charge is 0.349 e. The standard InChI is InChI=1S/C16H24N2O/c1-12-4-5-15(13-6-8-17-9-7-13)14(10-12)11-16(19)18(2)3/h4-5,10,13,17H,6-9,11H2,1-3H3. The first-order chi connectivity index (χ1) is 9.08. The fourth-order valence-electron chi connectivity index (χ4n) is 2.74. The second-order valence-corrected chi connectivity index (χ2v) is 5.69. The van der Waals surface area contributed by atoms with Crippen molar-refractivity contribution in [2.45, 2.75) is 32.1 Å². The molecule has 2 rings (SSSR count). The number of nitrogens with one attached hydrogen (secondary N) is 1. The van der Waals surface area contributed by atoms with E-state index in [1.165, 1.54) is 29.5 Å². The molecular weight excluding hydrogens is 236 g/mol. The molecule has 1 saturated heterocycles. The highest BCUT2D eigenvalue weighted by Crippen LogP contribution is 2.29. The highest BCUT2D eigenvalue weighted by molar-refractivity contribution is 5.78. The van der Waals surface area contributed by atoms with Crippen LogP contribution in [0.3, 0.4) is 0 Å². The highest BCUT2D eigenvalue weighted by atomic mass is 16.2. The maximum atomic E-state index is 12.0. The van der Waals surface area contributed by atoms with Crippen LogP contribution in [0.1, 0.15) is 35.4 Å². The number of benzene rings is 1. The van der Waals surface area contributed by atoms with Crippen molar-refractivity contribution in [1.29, 1.82) is 0 Å². The number of nitrogens with zero attached hydrogens (tertiary/aromatic N) is 1. The molecule has 1 aliphatic rings. The van der Waals surface area contributed by atoms with E-state index in [4.69, 9.17) is 0 Å². The van der Waals surface area contributed by atoms with Crippen molar-refractivity contribution in [1.82, 2.24) is 10.2 Å². The van der Waals surface area contributed by atoms with E-state index < -0.39 is 0 Å². The molecule has 0 spiro atoms. The van der Waals surface area contributed by atoms with E-state index >= 15 is 0 Å². The first kappa shape index (κ1) is 14.1. The van der Waals surface area contributed by atoms with Gasteiger partial charge >= 0.3 is 0 Å². The van der Waals surface area contributed by atoms with Crippen LogP contribution < -0.4 is 5.32 Å². The lowest BCUT2D eigenvalue weighted by atomic mass is 9.85. The van der Waals surface area contributed by atoms with E-state index in [2.05, 4.69) is 30.4 Å². The Bertz CT molecular complexity index is 448. The van der Waals surface area contributed by atoms with Crippen LogP contribution in [0.5, 0.6) is 0 Å². The van der Waals surface area contributed by atoms with Crippen molar-refractivity contribution in [2.24, 2.45) is 0 Å². The van der Waals surface area contributed by atoms with Crippen LogP contribution in [0.4, 0.5) is 0 Å². The van der Waals surface area contributed by atoms with E-state index in [1.807, 2.05) is 14.1 Å². The molecule has 0 atom stereocenters. The minimum Gasteiger partial charge on any atom is -0.349 e. The summed E-state index contributed by atoms with van der Waals surface area (Å²) in [5.41, 5.74) is 3.83. The summed E-state index contributed by atoms with van der Waals surface area (Å²) in [6, 6.07) is 6.57. The van der Waals surface area contributed by atoms with Gasteiger partial charge in [0.2, 0.25) is 5.91 Å². The first-order valence-electron chi connectivity index (χ1n) is 7.08. The van der Waals surface area contributed by atoms with Crippen molar-refractivity contribution in [2.75, 3.05) is 27.2 Å². The number of rotatable bonds is 3. The fourth-order valence-corrected chi connectivity index (χ4v) is 2.74. The number of carbonyl (C=O) groups is 1. The van der Waals surface area contributed by atoms with Crippen molar-refractivity contribution >= 4 is 5.91 Å². The van der Waals surface area contributed by atoms with Crippen LogP contribution in [0.25, 0.3) is 0 Å². The van der Waals surface area contributed by atoms with Gasteiger partial charge in [-0.15, -0.1) is 0 Å². The van der Waals surface area contributed by atoms with Gasteiger partial charge in [0.25, 0.3) is 0 Å². The Morgan fingerprint density at radius 2 is 2.00 bits per heavy atom. The third-order valence-corrected chi connectivity index (χ3v) is 3.92. The molecule has 1 amide bonds. The van der Waals surface area contributed by atoms with Crippen LogP contribution in [-0.2, 0) is 11.2 Å². The average molecular weight is 260 g/mol. The van der Waals surface area contributed by atoms with Crippen molar-refractivity contribution in [3.63, 3.8) is 0 Å². The maximum Gasteiger partial charge on any atom is 0.226 e. The molecule has 1 N–H and O–H groups in total. The molecule has 0 aliphatic carbocycles. The summed E-state index contributed by atoms with van der Waals surface area (Å²) in [7, 11) is 3.64. The van der Waals surface area contributed by atoms with E-state index in [0.717, 1.165) is 13.1 Å². The zero-order valence-corrected chi connectivity index (χ0v) is 12.2. The fraction of sp³-hybridized carbons (Fsp3) is 0.562. The summed E-state index contributed by atoms with van der Waals surface area (Å²) >= 11 is 0. The molecule has 1 aromatic carbocycles. The van der Waals surface area contributed by atoms with Gasteiger partial charge in [0.15, 0.2) is 0 Å². The van der Waals surface area contributed by atoms with E-state index in [1.54, 1.807) is 4.90 Å². The van der Waals surface area contributed by atoms with Gasteiger partial charge in [0, 0.05) is 14.1 Å². The van der Waals surface area contributed by atoms with Crippen molar-refractivity contribution in [3.8, 4) is 0 Å². The highest BCUT2D eigenvalue weighted by Gasteiger charge is 2.19. The van der Waals surface area contributed by atoms with Gasteiger partial charge in [0.05, 0.1) is 6.42 Å². The van der Waals surface area contributed by atoms with Crippen LogP contribution in [0, 0.1) is 6.92 Å². The lowest BCUT2D eigenvalue weighted by Crippen LogP contribution is -2.28. The number of hydrogen-bond donors (Lipinski definition) is 1. The van der Waals surface area contributed by atoms with E-state index in [-0.39, 0.29) is 5.91 Å². The molecule has 0 bridgehead atoms. The van der Waals surface area contributed by atoms with Gasteiger partial charge < -0.3 is 10.2 Å². The van der Waals surface area contributed by atoms with Gasteiger partial charge in [0.1, 0.15) is 0 Å². The van der Waals surface area contributed by atoms with Gasteiger partial charge in [-0.05, 0) is 49.9 Å². The smallest absolute Gasteiger partial charge is 0.226 e. The van der Waals surface area contributed by atoms with Gasteiger partial charge in [-0.2, -0.15) is 0 Å². The molecule has 19 heavy (non-hydrogen) atoms. The Balaban J connectivity index is 2.24. The normalized spacial score (nSPS) is 16.4. The minimum absolute atomic E-state index is 0.181. The number of piperidine rings is 1. The average Bonchev–Trinajstić information content (AvgIpc) is 2.39. The van der Waals surface area contributed by atoms with Crippen LogP contribution in [0.15, 0.2) is 18.2 Å². The number of amides is 1. The zero-order valence-electron chi connectivity index (χ0n) is 12.2. The molecule has 1 aromatic rings. The summed E-state index contributed by atoms with van der Waals surface area (Å²) in [4.78, 5) is 13.6. The van der Waals surface area contributed by atoms with Gasteiger partial charge in [-0.1, -0.05) is 23.8 Å². The summed E-state index contributed by atoms with van der Waals surface area (Å²) in [6.45, 7) is 4.26. The third-order valence-electron chi connectivity index (χ3n) is 3.92. The Morgan fingerprint density at radius 3 is 2.63 bits per heavy atom. The number of likely N-dealkylation sites (N-methyl/N-ethyl adjacent to an activating group) is 1. The molecule has 0 saturated carbocycles. The summed E-state index contributed by atoms with van der Waals surface area (Å²) in [6.07, 6.45) is 2.87. The second-order valence-electron chi connectivity index (χ2n) is 5.69. The lowest BCUT2D eigenvalue weighted by Gasteiger charge is -2.25. The van der Waals surface area contributed by atoms with E-state index in [9.17, 15) is 4.79 Å². The van der Waals surface area contributed by atoms with E-state index in [0.29, 0.717) is 12.3 Å². The first-order valence-corrected chi connectivity index (χ1v) is 7.08. The van der Waals surface area contributed by atoms with Crippen molar-refractivity contribution in [3.05, 3.63) is 34.9 Å². The number of aryl methyl sites for hydroxylation is 1. The SMILES string of the molecule is Cc1ccc(C2CCNCC2)c(CC(=O)N(C)C)c1. The predicted molar refractivity (Wildman–Crippen MR) is 78.4 cm³/mol. The lowest BCUT2D eigenvalue weighted by molar-refractivity contribution is -0.127. The zero-order chi connectivity index (χ0) is 13.8. The topological polar surface area (TPSA) is 32.3 Å². The molecular formula is C16H24N2O. The van der Waals surface area contributed by atoms with Crippen LogP contribution in [-0.4, -0.2) is 38.0 Å². The minimum atomic E-state index is 0.181. The summed E-state index contributed by atoms with van der Waals surface area (Å²) in [5, 5.41) is 3.40. The number of carbonyl (C=O) groups excluding carboxylic acids is 1. The Morgan fingerprint density at radius 1 is 1.32 bits per heavy atom. The van der Waals surface area contributed by atoms with Gasteiger partial charge in [-0.25, -0.2) is 0 Å². The third kappa shape index (κ3) is 3.57. The Hall–Kier alpha value is -1.35. The Kier molecular flexibility index (Phi) is 4.59. The molecule has 0 unspecified atom stereocenters. The predicted octanol–water partition coefficient (Wildman–Crippen LogP) is 2.09. The molecule has 0 aromatic heterocycles. The van der Waals surface area contributed by atoms with Crippen LogP contribution in [0.2, 0.25) is 0 Å². The quantitative estimate of drug-likeness (QED) is 0.902. The molecule has 1 fully saturated rings. The summed E-state index contributed by atoms with van der Waals surface area (Å²) in [5.74, 6) is 0.785. The molecule has 0 radical (unpaired) electrons. The Labute approximate surface area is 116 Å². The van der Waals surface area contributed by atoms with Gasteiger partial charge in [-0.3, -0.25) is 4.79 Å².